The van der Waals surface area contributed by atoms with Crippen LogP contribution in [0.1, 0.15) is 33.1 Å². The lowest BCUT2D eigenvalue weighted by molar-refractivity contribution is -0.150. The van der Waals surface area contributed by atoms with E-state index in [9.17, 15) is 18.0 Å². The molecule has 2 saturated heterocycles. The highest BCUT2D eigenvalue weighted by Gasteiger charge is 2.36. The average Bonchev–Trinajstić information content (AvgIpc) is 2.81. The van der Waals surface area contributed by atoms with Crippen LogP contribution in [-0.2, 0) is 24.3 Å². The molecule has 0 radical (unpaired) electrons. The van der Waals surface area contributed by atoms with Gasteiger partial charge in [-0.15, -0.1) is 0 Å². The van der Waals surface area contributed by atoms with Crippen molar-refractivity contribution in [3.8, 4) is 0 Å². The number of piperidine rings is 1. The molecule has 1 aromatic rings. The SMILES string of the molecule is CSCCC(NS(=O)(=O)c1ccccc1)C(=O)N1CCC(C(=O)N2CC(C)OC(C)C2)CC1. The van der Waals surface area contributed by atoms with Gasteiger partial charge in [0.2, 0.25) is 21.8 Å². The van der Waals surface area contributed by atoms with Gasteiger partial charge in [-0.05, 0) is 57.3 Å². The Morgan fingerprint density at radius 1 is 1.09 bits per heavy atom. The monoisotopic (exact) mass is 497 g/mol. The van der Waals surface area contributed by atoms with Crippen LogP contribution in [0.2, 0.25) is 0 Å². The molecule has 3 unspecified atom stereocenters. The average molecular weight is 498 g/mol. The minimum Gasteiger partial charge on any atom is -0.372 e. The van der Waals surface area contributed by atoms with Gasteiger partial charge in [-0.2, -0.15) is 16.5 Å². The molecule has 1 N–H and O–H groups in total. The van der Waals surface area contributed by atoms with E-state index in [1.165, 1.54) is 12.1 Å². The van der Waals surface area contributed by atoms with Crippen molar-refractivity contribution >= 4 is 33.6 Å². The zero-order chi connectivity index (χ0) is 24.0. The first-order valence-corrected chi connectivity index (χ1v) is 14.4. The van der Waals surface area contributed by atoms with Crippen molar-refractivity contribution in [1.29, 1.82) is 0 Å². The molecule has 0 saturated carbocycles. The highest BCUT2D eigenvalue weighted by molar-refractivity contribution is 7.98. The van der Waals surface area contributed by atoms with Gasteiger partial charge in [-0.25, -0.2) is 8.42 Å². The van der Waals surface area contributed by atoms with E-state index in [2.05, 4.69) is 4.72 Å². The number of ether oxygens (including phenoxy) is 1. The highest BCUT2D eigenvalue weighted by Crippen LogP contribution is 2.23. The van der Waals surface area contributed by atoms with E-state index in [0.717, 1.165) is 0 Å². The maximum atomic E-state index is 13.3. The Kier molecular flexibility index (Phi) is 9.20. The number of nitrogens with one attached hydrogen (secondary N) is 1. The topological polar surface area (TPSA) is 96.0 Å². The van der Waals surface area contributed by atoms with Gasteiger partial charge in [-0.3, -0.25) is 9.59 Å². The van der Waals surface area contributed by atoms with Gasteiger partial charge in [-0.1, -0.05) is 18.2 Å². The predicted octanol–water partition coefficient (Wildman–Crippen LogP) is 1.96. The molecule has 184 valence electrons. The second-order valence-electron chi connectivity index (χ2n) is 8.87. The summed E-state index contributed by atoms with van der Waals surface area (Å²) in [6.07, 6.45) is 3.56. The molecule has 2 aliphatic rings. The molecule has 0 aliphatic carbocycles. The first-order valence-electron chi connectivity index (χ1n) is 11.5. The molecule has 3 atom stereocenters. The van der Waals surface area contributed by atoms with Gasteiger partial charge in [0.1, 0.15) is 6.04 Å². The summed E-state index contributed by atoms with van der Waals surface area (Å²) >= 11 is 1.57. The number of thioether (sulfide) groups is 1. The fourth-order valence-corrected chi connectivity index (χ4v) is 6.22. The van der Waals surface area contributed by atoms with Crippen LogP contribution in [0.15, 0.2) is 35.2 Å². The molecule has 1 aromatic carbocycles. The number of amides is 2. The highest BCUT2D eigenvalue weighted by atomic mass is 32.2. The zero-order valence-electron chi connectivity index (χ0n) is 19.6. The number of carbonyl (C=O) groups is 2. The number of likely N-dealkylation sites (tertiary alicyclic amines) is 1. The molecule has 0 bridgehead atoms. The Morgan fingerprint density at radius 2 is 1.70 bits per heavy atom. The summed E-state index contributed by atoms with van der Waals surface area (Å²) in [4.78, 5) is 30.0. The van der Waals surface area contributed by atoms with Crippen molar-refractivity contribution in [3.05, 3.63) is 30.3 Å². The van der Waals surface area contributed by atoms with Crippen LogP contribution in [0.4, 0.5) is 0 Å². The predicted molar refractivity (Wildman–Crippen MR) is 129 cm³/mol. The van der Waals surface area contributed by atoms with Gasteiger partial charge in [0, 0.05) is 32.1 Å². The Morgan fingerprint density at radius 3 is 2.27 bits per heavy atom. The first-order chi connectivity index (χ1) is 15.7. The lowest BCUT2D eigenvalue weighted by Crippen LogP contribution is -2.54. The van der Waals surface area contributed by atoms with Gasteiger partial charge >= 0.3 is 0 Å². The van der Waals surface area contributed by atoms with Gasteiger partial charge < -0.3 is 14.5 Å². The third-order valence-electron chi connectivity index (χ3n) is 6.15. The maximum absolute atomic E-state index is 13.3. The molecule has 10 heteroatoms. The zero-order valence-corrected chi connectivity index (χ0v) is 21.2. The van der Waals surface area contributed by atoms with Crippen LogP contribution in [0.5, 0.6) is 0 Å². The Labute approximate surface area is 201 Å². The fourth-order valence-electron chi connectivity index (χ4n) is 4.51. The Hall–Kier alpha value is -1.62. The van der Waals surface area contributed by atoms with Crippen molar-refractivity contribution in [1.82, 2.24) is 14.5 Å². The second kappa shape index (κ2) is 11.7. The summed E-state index contributed by atoms with van der Waals surface area (Å²) < 4.78 is 34.0. The first kappa shape index (κ1) is 26.0. The third-order valence-corrected chi connectivity index (χ3v) is 8.28. The molecule has 2 heterocycles. The minimum absolute atomic E-state index is 0.0224. The molecule has 3 rings (SSSR count). The number of carbonyl (C=O) groups excluding carboxylic acids is 2. The van der Waals surface area contributed by atoms with Crippen LogP contribution >= 0.6 is 11.8 Å². The summed E-state index contributed by atoms with van der Waals surface area (Å²) in [5.74, 6) is 0.462. The van der Waals surface area contributed by atoms with E-state index in [-0.39, 0.29) is 34.8 Å². The van der Waals surface area contributed by atoms with Crippen molar-refractivity contribution in [2.75, 3.05) is 38.2 Å². The number of benzene rings is 1. The third kappa shape index (κ3) is 6.94. The van der Waals surface area contributed by atoms with Crippen molar-refractivity contribution in [2.45, 2.75) is 56.3 Å². The summed E-state index contributed by atoms with van der Waals surface area (Å²) in [5, 5.41) is 0. The van der Waals surface area contributed by atoms with E-state index >= 15 is 0 Å². The van der Waals surface area contributed by atoms with E-state index < -0.39 is 16.1 Å². The van der Waals surface area contributed by atoms with Crippen LogP contribution in [0, 0.1) is 5.92 Å². The van der Waals surface area contributed by atoms with E-state index in [1.54, 1.807) is 34.9 Å². The van der Waals surface area contributed by atoms with Crippen molar-refractivity contribution in [3.63, 3.8) is 0 Å². The van der Waals surface area contributed by atoms with Crippen LogP contribution < -0.4 is 4.72 Å². The molecule has 0 spiro atoms. The number of rotatable bonds is 8. The minimum atomic E-state index is -3.80. The van der Waals surface area contributed by atoms with Crippen LogP contribution in [0.3, 0.4) is 0 Å². The fraction of sp³-hybridized carbons (Fsp3) is 0.652. The molecule has 8 nitrogen and oxygen atoms in total. The molecule has 0 aromatic heterocycles. The summed E-state index contributed by atoms with van der Waals surface area (Å²) in [7, 11) is -3.80. The quantitative estimate of drug-likeness (QED) is 0.590. The van der Waals surface area contributed by atoms with Crippen LogP contribution in [-0.4, -0.2) is 86.5 Å². The largest absolute Gasteiger partial charge is 0.372 e. The molecule has 2 aliphatic heterocycles. The smallest absolute Gasteiger partial charge is 0.241 e. The summed E-state index contributed by atoms with van der Waals surface area (Å²) in [5.41, 5.74) is 0. The summed E-state index contributed by atoms with van der Waals surface area (Å²) in [6, 6.07) is 7.27. The number of nitrogens with zero attached hydrogens (tertiary/aromatic N) is 2. The van der Waals surface area contributed by atoms with E-state index in [1.807, 2.05) is 25.0 Å². The molecular weight excluding hydrogens is 462 g/mol. The molecular formula is C23H35N3O5S2. The van der Waals surface area contributed by atoms with Gasteiger partial charge in [0.05, 0.1) is 17.1 Å². The molecule has 33 heavy (non-hydrogen) atoms. The van der Waals surface area contributed by atoms with Gasteiger partial charge in [0.15, 0.2) is 0 Å². The molecule has 2 fully saturated rings. The van der Waals surface area contributed by atoms with Crippen LogP contribution in [0.25, 0.3) is 0 Å². The number of sulfonamides is 1. The lowest BCUT2D eigenvalue weighted by atomic mass is 9.94. The maximum Gasteiger partial charge on any atom is 0.241 e. The van der Waals surface area contributed by atoms with Crippen molar-refractivity contribution < 1.29 is 22.7 Å². The number of hydrogen-bond donors (Lipinski definition) is 1. The van der Waals surface area contributed by atoms with Gasteiger partial charge in [0.25, 0.3) is 0 Å². The van der Waals surface area contributed by atoms with Crippen molar-refractivity contribution in [2.24, 2.45) is 5.92 Å². The lowest BCUT2D eigenvalue weighted by Gasteiger charge is -2.39. The van der Waals surface area contributed by atoms with E-state index in [4.69, 9.17) is 4.74 Å². The standard InChI is InChI=1S/C23H35N3O5S2/c1-17-15-26(16-18(2)31-17)22(27)19-9-12-25(13-10-19)23(28)21(11-14-32-3)24-33(29,30)20-7-5-4-6-8-20/h4-8,17-19,21,24H,9-16H2,1-3H3. The summed E-state index contributed by atoms with van der Waals surface area (Å²) in [6.45, 7) is 6.05. The second-order valence-corrected chi connectivity index (χ2v) is 11.6. The Balaban J connectivity index is 1.61. The number of morpholine rings is 1. The molecule has 2 amide bonds. The normalized spacial score (nSPS) is 23.4. The number of hydrogen-bond acceptors (Lipinski definition) is 6. The Bertz CT molecular complexity index is 894. The van der Waals surface area contributed by atoms with E-state index in [0.29, 0.717) is 51.2 Å².